The van der Waals surface area contributed by atoms with Crippen LogP contribution in [0.5, 0.6) is 11.6 Å². The largest absolute Gasteiger partial charge is 0.437 e. The normalized spacial score (nSPS) is 10.5. The van der Waals surface area contributed by atoms with Gasteiger partial charge in [0, 0.05) is 0 Å². The average molecular weight is 312 g/mol. The van der Waals surface area contributed by atoms with Crippen LogP contribution in [0.1, 0.15) is 16.7 Å². The lowest BCUT2D eigenvalue weighted by atomic mass is 10.1. The topological polar surface area (TPSA) is 60.2 Å². The molecule has 6 heteroatoms. The molecular weight excluding hydrogens is 297 g/mol. The molecule has 0 radical (unpaired) electrons. The monoisotopic (exact) mass is 311 g/mol. The third-order valence-electron chi connectivity index (χ3n) is 3.00. The lowest BCUT2D eigenvalue weighted by Gasteiger charge is -2.13. The van der Waals surface area contributed by atoms with Crippen molar-refractivity contribution >= 4 is 29.0 Å². The fraction of sp³-hybridized carbons (Fsp3) is 0.214. The number of anilines is 1. The Kier molecular flexibility index (Phi) is 4.38. The molecule has 2 aromatic rings. The van der Waals surface area contributed by atoms with Crippen LogP contribution < -0.4 is 16.0 Å². The number of halogens is 2. The molecule has 0 bridgehead atoms. The number of hydrazine groups is 1. The van der Waals surface area contributed by atoms with Gasteiger partial charge in [-0.05, 0) is 49.6 Å². The van der Waals surface area contributed by atoms with Crippen LogP contribution >= 0.6 is 23.2 Å². The van der Waals surface area contributed by atoms with Gasteiger partial charge < -0.3 is 10.2 Å². The summed E-state index contributed by atoms with van der Waals surface area (Å²) in [6.45, 7) is 6.01. The first-order valence-corrected chi connectivity index (χ1v) is 6.76. The predicted molar refractivity (Wildman–Crippen MR) is 82.8 cm³/mol. The minimum atomic E-state index is 0.261. The number of ether oxygens (including phenoxy) is 1. The third kappa shape index (κ3) is 2.98. The molecule has 1 aromatic heterocycles. The van der Waals surface area contributed by atoms with Crippen molar-refractivity contribution in [2.24, 2.45) is 5.84 Å². The molecule has 2 rings (SSSR count). The zero-order valence-corrected chi connectivity index (χ0v) is 12.9. The van der Waals surface area contributed by atoms with Crippen LogP contribution in [0.2, 0.25) is 10.0 Å². The van der Waals surface area contributed by atoms with Crippen LogP contribution in [0.4, 0.5) is 5.82 Å². The van der Waals surface area contributed by atoms with Crippen molar-refractivity contribution in [3.05, 3.63) is 44.9 Å². The number of hydrogen-bond donors (Lipinski definition) is 2. The number of nitrogens with two attached hydrogens (primary N) is 1. The Balaban J connectivity index is 2.45. The highest BCUT2D eigenvalue weighted by Crippen LogP contribution is 2.35. The van der Waals surface area contributed by atoms with Crippen LogP contribution in [0.25, 0.3) is 0 Å². The number of benzene rings is 1. The van der Waals surface area contributed by atoms with E-state index in [2.05, 4.69) is 16.5 Å². The Bertz CT molecular complexity index is 659. The number of aromatic nitrogens is 1. The van der Waals surface area contributed by atoms with Gasteiger partial charge in [-0.2, -0.15) is 4.98 Å². The summed E-state index contributed by atoms with van der Waals surface area (Å²) in [5, 5.41) is 0.662. The molecule has 0 saturated carbocycles. The van der Waals surface area contributed by atoms with Gasteiger partial charge in [-0.15, -0.1) is 0 Å². The van der Waals surface area contributed by atoms with Crippen molar-refractivity contribution < 1.29 is 4.74 Å². The molecule has 4 nitrogen and oxygen atoms in total. The molecule has 1 heterocycles. The first-order chi connectivity index (χ1) is 9.42. The second-order valence-corrected chi connectivity index (χ2v) is 5.37. The van der Waals surface area contributed by atoms with Gasteiger partial charge in [0.15, 0.2) is 5.82 Å². The van der Waals surface area contributed by atoms with E-state index >= 15 is 0 Å². The van der Waals surface area contributed by atoms with Gasteiger partial charge in [-0.3, -0.25) is 0 Å². The van der Waals surface area contributed by atoms with Crippen LogP contribution in [-0.2, 0) is 0 Å². The number of aryl methyl sites for hydroxylation is 2. The number of nitrogens with one attached hydrogen (secondary N) is 1. The molecule has 106 valence electrons. The third-order valence-corrected chi connectivity index (χ3v) is 3.56. The van der Waals surface area contributed by atoms with Gasteiger partial charge in [-0.1, -0.05) is 29.3 Å². The van der Waals surface area contributed by atoms with Gasteiger partial charge in [0.1, 0.15) is 10.8 Å². The summed E-state index contributed by atoms with van der Waals surface area (Å²) in [5.41, 5.74) is 5.68. The van der Waals surface area contributed by atoms with Gasteiger partial charge in [0.25, 0.3) is 0 Å². The average Bonchev–Trinajstić information content (AvgIpc) is 2.38. The molecule has 0 fully saturated rings. The zero-order chi connectivity index (χ0) is 14.9. The Morgan fingerprint density at radius 2 is 1.80 bits per heavy atom. The predicted octanol–water partition coefficient (Wildman–Crippen LogP) is 4.39. The van der Waals surface area contributed by atoms with Gasteiger partial charge in [0.2, 0.25) is 5.88 Å². The molecule has 0 unspecified atom stereocenters. The molecule has 0 amide bonds. The van der Waals surface area contributed by atoms with Crippen LogP contribution in [0, 0.1) is 20.8 Å². The first kappa shape index (κ1) is 14.9. The van der Waals surface area contributed by atoms with Crippen LogP contribution in [0.3, 0.4) is 0 Å². The first-order valence-electron chi connectivity index (χ1n) is 6.00. The minimum absolute atomic E-state index is 0.261. The van der Waals surface area contributed by atoms with Crippen molar-refractivity contribution in [2.45, 2.75) is 20.8 Å². The van der Waals surface area contributed by atoms with Crippen LogP contribution in [0.15, 0.2) is 18.2 Å². The summed E-state index contributed by atoms with van der Waals surface area (Å²) in [5.74, 6) is 6.63. The zero-order valence-electron chi connectivity index (χ0n) is 11.4. The highest BCUT2D eigenvalue weighted by molar-refractivity contribution is 6.36. The van der Waals surface area contributed by atoms with E-state index in [9.17, 15) is 0 Å². The molecule has 0 aliphatic rings. The summed E-state index contributed by atoms with van der Waals surface area (Å²) in [4.78, 5) is 4.16. The Hall–Kier alpha value is -1.49. The molecule has 0 aliphatic carbocycles. The maximum Gasteiger partial charge on any atom is 0.240 e. The fourth-order valence-corrected chi connectivity index (χ4v) is 2.29. The van der Waals surface area contributed by atoms with E-state index in [1.54, 1.807) is 6.07 Å². The molecule has 0 spiro atoms. The number of rotatable bonds is 3. The number of nitrogens with zero attached hydrogens (tertiary/aromatic N) is 1. The SMILES string of the molecule is Cc1cc(C)c(C)c(Oc2nc(NN)c(Cl)cc2Cl)c1. The molecule has 0 atom stereocenters. The lowest BCUT2D eigenvalue weighted by Crippen LogP contribution is -2.09. The van der Waals surface area contributed by atoms with E-state index in [0.29, 0.717) is 21.6 Å². The second-order valence-electron chi connectivity index (χ2n) is 4.56. The molecule has 20 heavy (non-hydrogen) atoms. The summed E-state index contributed by atoms with van der Waals surface area (Å²) >= 11 is 12.0. The van der Waals surface area contributed by atoms with E-state index in [0.717, 1.165) is 16.7 Å². The second kappa shape index (κ2) is 5.87. The molecular formula is C14H15Cl2N3O. The van der Waals surface area contributed by atoms with E-state index in [1.165, 1.54) is 0 Å². The van der Waals surface area contributed by atoms with E-state index in [4.69, 9.17) is 33.8 Å². The van der Waals surface area contributed by atoms with E-state index in [-0.39, 0.29) is 5.88 Å². The molecule has 0 aliphatic heterocycles. The van der Waals surface area contributed by atoms with E-state index < -0.39 is 0 Å². The molecule has 3 N–H and O–H groups in total. The quantitative estimate of drug-likeness (QED) is 0.652. The minimum Gasteiger partial charge on any atom is -0.437 e. The van der Waals surface area contributed by atoms with Gasteiger partial charge in [0.05, 0.1) is 5.02 Å². The van der Waals surface area contributed by atoms with Gasteiger partial charge in [-0.25, -0.2) is 5.84 Å². The maximum atomic E-state index is 6.10. The number of nitrogen functional groups attached to an aromatic ring is 1. The highest BCUT2D eigenvalue weighted by Gasteiger charge is 2.13. The fourth-order valence-electron chi connectivity index (χ4n) is 1.83. The van der Waals surface area contributed by atoms with Gasteiger partial charge >= 0.3 is 0 Å². The van der Waals surface area contributed by atoms with Crippen LogP contribution in [-0.4, -0.2) is 4.98 Å². The standard InChI is InChI=1S/C14H15Cl2N3O/c1-7-4-8(2)9(3)12(5-7)20-14-11(16)6-10(15)13(18-14)19-17/h4-6H,17H2,1-3H3,(H,18,19). The lowest BCUT2D eigenvalue weighted by molar-refractivity contribution is 0.459. The number of hydrogen-bond acceptors (Lipinski definition) is 4. The van der Waals surface area contributed by atoms with Crippen molar-refractivity contribution in [1.29, 1.82) is 0 Å². The molecule has 1 aromatic carbocycles. The molecule has 0 saturated heterocycles. The Morgan fingerprint density at radius 3 is 2.45 bits per heavy atom. The van der Waals surface area contributed by atoms with E-state index in [1.807, 2.05) is 26.8 Å². The van der Waals surface area contributed by atoms with Crippen molar-refractivity contribution in [1.82, 2.24) is 4.98 Å². The summed E-state index contributed by atoms with van der Waals surface area (Å²) in [7, 11) is 0. The van der Waals surface area contributed by atoms with Crippen molar-refractivity contribution in [3.63, 3.8) is 0 Å². The summed E-state index contributed by atoms with van der Waals surface area (Å²) in [6.07, 6.45) is 0. The highest BCUT2D eigenvalue weighted by atomic mass is 35.5. The number of pyridine rings is 1. The van der Waals surface area contributed by atoms with Crippen molar-refractivity contribution in [3.8, 4) is 11.6 Å². The summed E-state index contributed by atoms with van der Waals surface area (Å²) < 4.78 is 5.80. The Morgan fingerprint density at radius 1 is 1.10 bits per heavy atom. The maximum absolute atomic E-state index is 6.10. The summed E-state index contributed by atoms with van der Waals surface area (Å²) in [6, 6.07) is 5.56. The Labute approximate surface area is 127 Å². The van der Waals surface area contributed by atoms with Crippen molar-refractivity contribution in [2.75, 3.05) is 5.43 Å². The smallest absolute Gasteiger partial charge is 0.240 e.